The van der Waals surface area contributed by atoms with Crippen LogP contribution in [0.1, 0.15) is 31.4 Å². The second-order valence-electron chi connectivity index (χ2n) is 6.32. The van der Waals surface area contributed by atoms with Crippen LogP contribution in [0.2, 0.25) is 0 Å². The van der Waals surface area contributed by atoms with Crippen LogP contribution in [0.3, 0.4) is 0 Å². The minimum Gasteiger partial charge on any atom is -0.494 e. The molecule has 1 aromatic heterocycles. The number of nitrogens with one attached hydrogen (secondary N) is 1. The Hall–Kier alpha value is -2.92. The maximum absolute atomic E-state index is 10.3. The van der Waals surface area contributed by atoms with Gasteiger partial charge in [-0.3, -0.25) is 0 Å². The van der Waals surface area contributed by atoms with E-state index >= 15 is 0 Å². The fraction of sp³-hybridized carbons (Fsp3) is 0.273. The fourth-order valence-corrected chi connectivity index (χ4v) is 2.66. The van der Waals surface area contributed by atoms with Gasteiger partial charge in [0.2, 0.25) is 0 Å². The van der Waals surface area contributed by atoms with Gasteiger partial charge in [-0.05, 0) is 36.2 Å². The molecule has 1 heterocycles. The van der Waals surface area contributed by atoms with E-state index in [0.29, 0.717) is 12.4 Å². The minimum absolute atomic E-state index is 0.380. The van der Waals surface area contributed by atoms with E-state index in [2.05, 4.69) is 22.2 Å². The minimum atomic E-state index is -0.593. The molecule has 0 saturated heterocycles. The molecular formula is C22H25N3O2. The molecule has 0 aliphatic heterocycles. The van der Waals surface area contributed by atoms with Crippen LogP contribution < -0.4 is 10.1 Å². The summed E-state index contributed by atoms with van der Waals surface area (Å²) in [5.41, 5.74) is 2.69. The van der Waals surface area contributed by atoms with Gasteiger partial charge in [0, 0.05) is 18.2 Å². The molecule has 1 atom stereocenters. The van der Waals surface area contributed by atoms with Crippen molar-refractivity contribution in [1.29, 1.82) is 0 Å². The molecule has 0 spiro atoms. The highest BCUT2D eigenvalue weighted by molar-refractivity contribution is 5.62. The third kappa shape index (κ3) is 5.53. The maximum Gasteiger partial charge on any atom is 0.130 e. The van der Waals surface area contributed by atoms with E-state index in [-0.39, 0.29) is 0 Å². The molecule has 0 radical (unpaired) electrons. The summed E-state index contributed by atoms with van der Waals surface area (Å²) in [5.74, 6) is 1.55. The lowest BCUT2D eigenvalue weighted by molar-refractivity contribution is 0.191. The van der Waals surface area contributed by atoms with Crippen LogP contribution in [-0.2, 0) is 0 Å². The Morgan fingerprint density at radius 2 is 1.81 bits per heavy atom. The smallest absolute Gasteiger partial charge is 0.130 e. The average Bonchev–Trinajstić information content (AvgIpc) is 2.73. The first-order valence-corrected chi connectivity index (χ1v) is 9.28. The summed E-state index contributed by atoms with van der Waals surface area (Å²) in [6.45, 7) is 3.26. The first kappa shape index (κ1) is 18.9. The molecule has 5 heteroatoms. The SMILES string of the molecule is CCCCOc1ccc(-c2cc(NCC(O)c3ccccc3)ncn2)cc1. The van der Waals surface area contributed by atoms with Crippen LogP contribution in [0.4, 0.5) is 5.82 Å². The van der Waals surface area contributed by atoms with Crippen molar-refractivity contribution >= 4 is 5.82 Å². The Labute approximate surface area is 160 Å². The summed E-state index contributed by atoms with van der Waals surface area (Å²) < 4.78 is 5.70. The van der Waals surface area contributed by atoms with Crippen LogP contribution in [0, 0.1) is 0 Å². The van der Waals surface area contributed by atoms with E-state index < -0.39 is 6.10 Å². The number of aromatic nitrogens is 2. The number of benzene rings is 2. The predicted molar refractivity (Wildman–Crippen MR) is 108 cm³/mol. The second kappa shape index (κ2) is 9.69. The Morgan fingerprint density at radius 1 is 1.04 bits per heavy atom. The van der Waals surface area contributed by atoms with Crippen molar-refractivity contribution in [1.82, 2.24) is 9.97 Å². The number of anilines is 1. The monoisotopic (exact) mass is 363 g/mol. The molecule has 3 rings (SSSR count). The van der Waals surface area contributed by atoms with E-state index in [1.165, 1.54) is 6.33 Å². The number of aliphatic hydroxyl groups is 1. The zero-order valence-corrected chi connectivity index (χ0v) is 15.5. The van der Waals surface area contributed by atoms with Gasteiger partial charge in [-0.15, -0.1) is 0 Å². The molecule has 0 fully saturated rings. The van der Waals surface area contributed by atoms with Crippen LogP contribution in [0.25, 0.3) is 11.3 Å². The Balaban J connectivity index is 1.61. The quantitative estimate of drug-likeness (QED) is 0.549. The van der Waals surface area contributed by atoms with Gasteiger partial charge in [0.25, 0.3) is 0 Å². The average molecular weight is 363 g/mol. The molecule has 1 unspecified atom stereocenters. The molecule has 0 bridgehead atoms. The number of aliphatic hydroxyl groups excluding tert-OH is 1. The van der Waals surface area contributed by atoms with Crippen LogP contribution in [0.5, 0.6) is 5.75 Å². The van der Waals surface area contributed by atoms with E-state index in [4.69, 9.17) is 4.74 Å². The fourth-order valence-electron chi connectivity index (χ4n) is 2.66. The maximum atomic E-state index is 10.3. The zero-order chi connectivity index (χ0) is 18.9. The molecule has 2 N–H and O–H groups in total. The molecule has 0 aliphatic rings. The van der Waals surface area contributed by atoms with Crippen molar-refractivity contribution in [2.45, 2.75) is 25.9 Å². The van der Waals surface area contributed by atoms with E-state index in [0.717, 1.165) is 42.0 Å². The second-order valence-corrected chi connectivity index (χ2v) is 6.32. The topological polar surface area (TPSA) is 67.3 Å². The summed E-state index contributed by atoms with van der Waals surface area (Å²) >= 11 is 0. The van der Waals surface area contributed by atoms with Crippen LogP contribution in [-0.4, -0.2) is 28.2 Å². The highest BCUT2D eigenvalue weighted by atomic mass is 16.5. The third-order valence-electron chi connectivity index (χ3n) is 4.24. The van der Waals surface area contributed by atoms with Crippen LogP contribution >= 0.6 is 0 Å². The first-order chi connectivity index (χ1) is 13.3. The zero-order valence-electron chi connectivity index (χ0n) is 15.5. The van der Waals surface area contributed by atoms with E-state index in [9.17, 15) is 5.11 Å². The molecular weight excluding hydrogens is 338 g/mol. The van der Waals surface area contributed by atoms with Crippen molar-refractivity contribution in [2.24, 2.45) is 0 Å². The van der Waals surface area contributed by atoms with Crippen molar-refractivity contribution in [3.8, 4) is 17.0 Å². The summed E-state index contributed by atoms with van der Waals surface area (Å²) in [5, 5.41) is 13.4. The van der Waals surface area contributed by atoms with E-state index in [1.54, 1.807) is 0 Å². The molecule has 3 aromatic rings. The molecule has 0 aliphatic carbocycles. The largest absolute Gasteiger partial charge is 0.494 e. The Kier molecular flexibility index (Phi) is 6.77. The summed E-state index contributed by atoms with van der Waals surface area (Å²) in [6.07, 6.45) is 3.10. The van der Waals surface area contributed by atoms with Gasteiger partial charge < -0.3 is 15.2 Å². The number of rotatable bonds is 9. The highest BCUT2D eigenvalue weighted by Crippen LogP contribution is 2.22. The lowest BCUT2D eigenvalue weighted by atomic mass is 10.1. The number of hydrogen-bond donors (Lipinski definition) is 2. The van der Waals surface area contributed by atoms with Gasteiger partial charge in [0.05, 0.1) is 18.4 Å². The van der Waals surface area contributed by atoms with Gasteiger partial charge >= 0.3 is 0 Å². The van der Waals surface area contributed by atoms with Crippen molar-refractivity contribution in [3.63, 3.8) is 0 Å². The van der Waals surface area contributed by atoms with E-state index in [1.807, 2.05) is 60.7 Å². The van der Waals surface area contributed by atoms with Gasteiger partial charge in [0.1, 0.15) is 17.9 Å². The standard InChI is InChI=1S/C22H25N3O2/c1-2-3-13-27-19-11-9-17(10-12-19)20-14-22(25-16-24-20)23-15-21(26)18-7-5-4-6-8-18/h4-12,14,16,21,26H,2-3,13,15H2,1H3,(H,23,24,25). The van der Waals surface area contributed by atoms with Crippen molar-refractivity contribution in [3.05, 3.63) is 72.6 Å². The summed E-state index contributed by atoms with van der Waals surface area (Å²) in [6, 6.07) is 19.3. The number of hydrogen-bond acceptors (Lipinski definition) is 5. The first-order valence-electron chi connectivity index (χ1n) is 9.28. The molecule has 140 valence electrons. The van der Waals surface area contributed by atoms with Gasteiger partial charge in [-0.1, -0.05) is 43.7 Å². The normalized spacial score (nSPS) is 11.8. The van der Waals surface area contributed by atoms with Gasteiger partial charge in [-0.25, -0.2) is 9.97 Å². The molecule has 0 saturated carbocycles. The lowest BCUT2D eigenvalue weighted by Gasteiger charge is -2.13. The Bertz CT molecular complexity index is 822. The molecule has 27 heavy (non-hydrogen) atoms. The number of unbranched alkanes of at least 4 members (excludes halogenated alkanes) is 1. The molecule has 2 aromatic carbocycles. The third-order valence-corrected chi connectivity index (χ3v) is 4.24. The molecule has 0 amide bonds. The van der Waals surface area contributed by atoms with Gasteiger partial charge in [0.15, 0.2) is 0 Å². The number of ether oxygens (including phenoxy) is 1. The lowest BCUT2D eigenvalue weighted by Crippen LogP contribution is -2.13. The van der Waals surface area contributed by atoms with Crippen molar-refractivity contribution in [2.75, 3.05) is 18.5 Å². The van der Waals surface area contributed by atoms with Crippen LogP contribution in [0.15, 0.2) is 67.0 Å². The summed E-state index contributed by atoms with van der Waals surface area (Å²) in [4.78, 5) is 8.59. The van der Waals surface area contributed by atoms with Crippen molar-refractivity contribution < 1.29 is 9.84 Å². The summed E-state index contributed by atoms with van der Waals surface area (Å²) in [7, 11) is 0. The highest BCUT2D eigenvalue weighted by Gasteiger charge is 2.08. The molecule has 5 nitrogen and oxygen atoms in total. The number of nitrogens with zero attached hydrogens (tertiary/aromatic N) is 2. The predicted octanol–water partition coefficient (Wildman–Crippen LogP) is 4.47. The van der Waals surface area contributed by atoms with Gasteiger partial charge in [-0.2, -0.15) is 0 Å². The Morgan fingerprint density at radius 3 is 2.56 bits per heavy atom.